The van der Waals surface area contributed by atoms with Crippen LogP contribution in [0.1, 0.15) is 21.7 Å². The number of furan rings is 1. The van der Waals surface area contributed by atoms with Crippen molar-refractivity contribution in [2.45, 2.75) is 18.6 Å². The predicted octanol–water partition coefficient (Wildman–Crippen LogP) is 2.20. The predicted molar refractivity (Wildman–Crippen MR) is 86.4 cm³/mol. The van der Waals surface area contributed by atoms with E-state index in [1.54, 1.807) is 18.2 Å². The Morgan fingerprint density at radius 3 is 2.54 bits per heavy atom. The molecule has 1 aromatic carbocycles. The van der Waals surface area contributed by atoms with Crippen molar-refractivity contribution in [3.05, 3.63) is 47.2 Å². The van der Waals surface area contributed by atoms with Gasteiger partial charge in [-0.1, -0.05) is 6.07 Å². The number of hydrogen-bond donors (Lipinski definition) is 0. The van der Waals surface area contributed by atoms with E-state index in [4.69, 9.17) is 13.9 Å². The molecule has 2 rings (SSSR count). The Hall–Kier alpha value is -2.32. The molecule has 1 aromatic heterocycles. The molecule has 0 fully saturated rings. The molecule has 8 heteroatoms. The molecule has 0 aliphatic rings. The number of benzene rings is 1. The van der Waals surface area contributed by atoms with Gasteiger partial charge in [0, 0.05) is 14.1 Å². The maximum absolute atomic E-state index is 12.1. The number of ether oxygens (including phenoxy) is 2. The molecule has 0 saturated heterocycles. The summed E-state index contributed by atoms with van der Waals surface area (Å²) in [5.74, 6) is 0.270. The third-order valence-electron chi connectivity index (χ3n) is 3.36. The molecule has 0 saturated carbocycles. The lowest BCUT2D eigenvalue weighted by Gasteiger charge is -2.08. The summed E-state index contributed by atoms with van der Waals surface area (Å²) >= 11 is 0. The first-order valence-electron chi connectivity index (χ1n) is 7.08. The van der Waals surface area contributed by atoms with Crippen LogP contribution in [0.15, 0.2) is 39.8 Å². The average molecular weight is 353 g/mol. The number of methoxy groups -OCH3 is 1. The number of esters is 1. The smallest absolute Gasteiger partial charge is 0.338 e. The minimum absolute atomic E-state index is 0.169. The zero-order chi connectivity index (χ0) is 17.9. The normalized spacial score (nSPS) is 11.5. The van der Waals surface area contributed by atoms with E-state index in [1.165, 1.54) is 33.3 Å². The van der Waals surface area contributed by atoms with E-state index in [1.807, 2.05) is 6.92 Å². The minimum atomic E-state index is -3.65. The molecule has 0 N–H and O–H groups in total. The lowest BCUT2D eigenvalue weighted by atomic mass is 10.1. The first kappa shape index (κ1) is 18.0. The maximum Gasteiger partial charge on any atom is 0.338 e. The van der Waals surface area contributed by atoms with Crippen LogP contribution >= 0.6 is 0 Å². The van der Waals surface area contributed by atoms with Gasteiger partial charge in [0.15, 0.2) is 0 Å². The van der Waals surface area contributed by atoms with Crippen LogP contribution in [-0.2, 0) is 21.4 Å². The van der Waals surface area contributed by atoms with Crippen LogP contribution in [0.25, 0.3) is 0 Å². The second kappa shape index (κ2) is 7.06. The lowest BCUT2D eigenvalue weighted by Crippen LogP contribution is -2.21. The van der Waals surface area contributed by atoms with Crippen LogP contribution in [-0.4, -0.2) is 39.9 Å². The molecule has 0 spiro atoms. The molecular weight excluding hydrogens is 334 g/mol. The molecule has 7 nitrogen and oxygen atoms in total. The fraction of sp³-hybridized carbons (Fsp3) is 0.312. The van der Waals surface area contributed by atoms with Crippen molar-refractivity contribution in [2.24, 2.45) is 0 Å². The summed E-state index contributed by atoms with van der Waals surface area (Å²) in [4.78, 5) is 12.1. The van der Waals surface area contributed by atoms with E-state index >= 15 is 0 Å². The molecule has 0 atom stereocenters. The quantitative estimate of drug-likeness (QED) is 0.740. The Bertz CT molecular complexity index is 838. The number of carbonyl (C=O) groups is 1. The van der Waals surface area contributed by atoms with Crippen molar-refractivity contribution in [3.8, 4) is 5.75 Å². The van der Waals surface area contributed by atoms with E-state index in [9.17, 15) is 13.2 Å². The number of hydrogen-bond acceptors (Lipinski definition) is 6. The van der Waals surface area contributed by atoms with Gasteiger partial charge < -0.3 is 13.9 Å². The Balaban J connectivity index is 2.06. The van der Waals surface area contributed by atoms with Crippen molar-refractivity contribution in [3.63, 3.8) is 0 Å². The molecule has 0 amide bonds. The minimum Gasteiger partial charge on any atom is -0.496 e. The maximum atomic E-state index is 12.1. The van der Waals surface area contributed by atoms with Crippen molar-refractivity contribution in [2.75, 3.05) is 21.2 Å². The van der Waals surface area contributed by atoms with Gasteiger partial charge in [-0.15, -0.1) is 0 Å². The topological polar surface area (TPSA) is 86.0 Å². The number of carbonyl (C=O) groups excluding carboxylic acids is 1. The molecule has 24 heavy (non-hydrogen) atoms. The van der Waals surface area contributed by atoms with Gasteiger partial charge in [-0.25, -0.2) is 17.5 Å². The average Bonchev–Trinajstić information content (AvgIpc) is 3.02. The van der Waals surface area contributed by atoms with Crippen molar-refractivity contribution < 1.29 is 27.1 Å². The van der Waals surface area contributed by atoms with Crippen LogP contribution in [0.3, 0.4) is 0 Å². The summed E-state index contributed by atoms with van der Waals surface area (Å²) in [5, 5.41) is -0.199. The summed E-state index contributed by atoms with van der Waals surface area (Å²) in [6.45, 7) is 1.70. The summed E-state index contributed by atoms with van der Waals surface area (Å²) in [6.07, 6.45) is 0. The van der Waals surface area contributed by atoms with E-state index in [0.29, 0.717) is 11.3 Å². The van der Waals surface area contributed by atoms with E-state index in [-0.39, 0.29) is 17.5 Å². The van der Waals surface area contributed by atoms with Crippen molar-refractivity contribution in [1.82, 2.24) is 4.31 Å². The van der Waals surface area contributed by atoms with Crippen LogP contribution in [0.5, 0.6) is 5.75 Å². The highest BCUT2D eigenvalue weighted by molar-refractivity contribution is 7.88. The number of aryl methyl sites for hydroxylation is 1. The molecule has 0 bridgehead atoms. The van der Waals surface area contributed by atoms with Gasteiger partial charge >= 0.3 is 5.97 Å². The summed E-state index contributed by atoms with van der Waals surface area (Å²) in [6, 6.07) is 7.75. The Labute approximate surface area is 140 Å². The SMILES string of the molecule is COc1cc(C(=O)OCc2ccc(S(=O)(=O)N(C)C)o2)ccc1C. The largest absolute Gasteiger partial charge is 0.496 e. The van der Waals surface area contributed by atoms with Gasteiger partial charge in [-0.05, 0) is 36.8 Å². The first-order chi connectivity index (χ1) is 11.3. The first-order valence-corrected chi connectivity index (χ1v) is 8.52. The fourth-order valence-corrected chi connectivity index (χ4v) is 2.73. The second-order valence-electron chi connectivity index (χ2n) is 5.27. The number of rotatable bonds is 6. The molecule has 0 unspecified atom stereocenters. The second-order valence-corrected chi connectivity index (χ2v) is 7.35. The third-order valence-corrected chi connectivity index (χ3v) is 5.05. The highest BCUT2D eigenvalue weighted by Crippen LogP contribution is 2.21. The zero-order valence-corrected chi connectivity index (χ0v) is 14.7. The van der Waals surface area contributed by atoms with Gasteiger partial charge in [0.05, 0.1) is 12.7 Å². The van der Waals surface area contributed by atoms with Gasteiger partial charge in [0.1, 0.15) is 18.1 Å². The summed E-state index contributed by atoms with van der Waals surface area (Å²) in [5.41, 5.74) is 1.24. The molecule has 1 heterocycles. The Kier molecular flexibility index (Phi) is 5.30. The number of nitrogens with zero attached hydrogens (tertiary/aromatic N) is 1. The molecule has 0 aliphatic heterocycles. The lowest BCUT2D eigenvalue weighted by molar-refractivity contribution is 0.0440. The van der Waals surface area contributed by atoms with Gasteiger partial charge in [0.25, 0.3) is 10.0 Å². The number of sulfonamides is 1. The zero-order valence-electron chi connectivity index (χ0n) is 13.9. The van der Waals surface area contributed by atoms with Gasteiger partial charge in [-0.3, -0.25) is 0 Å². The Morgan fingerprint density at radius 2 is 1.92 bits per heavy atom. The Morgan fingerprint density at radius 1 is 1.21 bits per heavy atom. The van der Waals surface area contributed by atoms with Gasteiger partial charge in [-0.2, -0.15) is 0 Å². The molecule has 130 valence electrons. The highest BCUT2D eigenvalue weighted by Gasteiger charge is 2.22. The van der Waals surface area contributed by atoms with Crippen LogP contribution in [0.4, 0.5) is 0 Å². The molecular formula is C16H19NO6S. The standard InChI is InChI=1S/C16H19NO6S/c1-11-5-6-12(9-14(11)21-4)16(18)22-10-13-7-8-15(23-13)24(19,20)17(2)3/h5-9H,10H2,1-4H3. The van der Waals surface area contributed by atoms with Gasteiger partial charge in [0.2, 0.25) is 5.09 Å². The van der Waals surface area contributed by atoms with Crippen LogP contribution in [0, 0.1) is 6.92 Å². The van der Waals surface area contributed by atoms with Crippen LogP contribution < -0.4 is 4.74 Å². The fourth-order valence-electron chi connectivity index (χ4n) is 1.92. The van der Waals surface area contributed by atoms with E-state index in [2.05, 4.69) is 0 Å². The van der Waals surface area contributed by atoms with E-state index in [0.717, 1.165) is 9.87 Å². The molecule has 0 aliphatic carbocycles. The monoisotopic (exact) mass is 353 g/mol. The highest BCUT2D eigenvalue weighted by atomic mass is 32.2. The van der Waals surface area contributed by atoms with E-state index < -0.39 is 16.0 Å². The van der Waals surface area contributed by atoms with Crippen molar-refractivity contribution in [1.29, 1.82) is 0 Å². The third kappa shape index (κ3) is 3.77. The van der Waals surface area contributed by atoms with Crippen molar-refractivity contribution >= 4 is 16.0 Å². The van der Waals surface area contributed by atoms with Crippen LogP contribution in [0.2, 0.25) is 0 Å². The molecule has 0 radical (unpaired) electrons. The summed E-state index contributed by atoms with van der Waals surface area (Å²) in [7, 11) is 0.680. The molecule has 2 aromatic rings. The summed E-state index contributed by atoms with van der Waals surface area (Å²) < 4.78 is 40.4.